The fourth-order valence-corrected chi connectivity index (χ4v) is 2.08. The highest BCUT2D eigenvalue weighted by molar-refractivity contribution is 5.76. The van der Waals surface area contributed by atoms with Crippen LogP contribution < -0.4 is 10.1 Å². The van der Waals surface area contributed by atoms with Crippen LogP contribution in [0.3, 0.4) is 0 Å². The largest absolute Gasteiger partial charge is 0.491 e. The molecule has 0 spiro atoms. The Morgan fingerprint density at radius 3 is 2.55 bits per heavy atom. The molecule has 4 heteroatoms. The standard InChI is InChI=1S/C18H20FNO2/c1-14(13-22-16-8-3-2-4-9-16)20-18(21)12-11-15-7-5-6-10-17(15)19/h2-10,14H,11-13H2,1H3,(H,20,21)/t14-/m0/s1. The van der Waals surface area contributed by atoms with Gasteiger partial charge < -0.3 is 10.1 Å². The van der Waals surface area contributed by atoms with Crippen LogP contribution in [0.1, 0.15) is 18.9 Å². The van der Waals surface area contributed by atoms with E-state index in [0.717, 1.165) is 5.75 Å². The van der Waals surface area contributed by atoms with Gasteiger partial charge in [-0.1, -0.05) is 36.4 Å². The van der Waals surface area contributed by atoms with Gasteiger partial charge in [0.1, 0.15) is 18.2 Å². The van der Waals surface area contributed by atoms with E-state index in [1.54, 1.807) is 18.2 Å². The number of carbonyl (C=O) groups excluding carboxylic acids is 1. The monoisotopic (exact) mass is 301 g/mol. The van der Waals surface area contributed by atoms with Gasteiger partial charge in [0.25, 0.3) is 0 Å². The SMILES string of the molecule is C[C@@H](COc1ccccc1)NC(=O)CCc1ccccc1F. The number of carbonyl (C=O) groups is 1. The van der Waals surface area contributed by atoms with E-state index in [0.29, 0.717) is 18.6 Å². The van der Waals surface area contributed by atoms with Crippen LogP contribution in [0.15, 0.2) is 54.6 Å². The molecule has 0 saturated carbocycles. The van der Waals surface area contributed by atoms with E-state index < -0.39 is 0 Å². The minimum atomic E-state index is -0.268. The number of benzene rings is 2. The number of nitrogens with one attached hydrogen (secondary N) is 1. The van der Waals surface area contributed by atoms with E-state index in [4.69, 9.17) is 4.74 Å². The molecule has 0 aromatic heterocycles. The van der Waals surface area contributed by atoms with E-state index in [-0.39, 0.29) is 24.2 Å². The van der Waals surface area contributed by atoms with Gasteiger partial charge in [-0.2, -0.15) is 0 Å². The van der Waals surface area contributed by atoms with E-state index in [2.05, 4.69) is 5.32 Å². The second-order valence-corrected chi connectivity index (χ2v) is 5.18. The summed E-state index contributed by atoms with van der Waals surface area (Å²) in [6.45, 7) is 2.28. The summed E-state index contributed by atoms with van der Waals surface area (Å²) in [6.07, 6.45) is 0.654. The Bertz CT molecular complexity index is 601. The molecule has 0 unspecified atom stereocenters. The molecule has 0 radical (unpaired) electrons. The first kappa shape index (κ1) is 16.0. The first-order chi connectivity index (χ1) is 10.6. The highest BCUT2D eigenvalue weighted by atomic mass is 19.1. The van der Waals surface area contributed by atoms with Gasteiger partial charge in [0.2, 0.25) is 5.91 Å². The molecule has 1 N–H and O–H groups in total. The van der Waals surface area contributed by atoms with Crippen molar-refractivity contribution in [2.24, 2.45) is 0 Å². The Morgan fingerprint density at radius 1 is 1.14 bits per heavy atom. The molecule has 1 amide bonds. The van der Waals surface area contributed by atoms with Gasteiger partial charge in [0.05, 0.1) is 6.04 Å². The highest BCUT2D eigenvalue weighted by Crippen LogP contribution is 2.10. The van der Waals surface area contributed by atoms with Gasteiger partial charge in [-0.05, 0) is 37.1 Å². The Balaban J connectivity index is 1.71. The third kappa shape index (κ3) is 5.20. The van der Waals surface area contributed by atoms with Crippen LogP contribution in [0.25, 0.3) is 0 Å². The molecule has 2 aromatic rings. The predicted octanol–water partition coefficient (Wildman–Crippen LogP) is 3.34. The number of ether oxygens (including phenoxy) is 1. The zero-order chi connectivity index (χ0) is 15.8. The first-order valence-electron chi connectivity index (χ1n) is 7.36. The molecule has 0 fully saturated rings. The van der Waals surface area contributed by atoms with Crippen molar-refractivity contribution in [2.45, 2.75) is 25.8 Å². The molecule has 0 bridgehead atoms. The molecule has 2 aromatic carbocycles. The van der Waals surface area contributed by atoms with Crippen molar-refractivity contribution in [2.75, 3.05) is 6.61 Å². The average Bonchev–Trinajstić information content (AvgIpc) is 2.53. The topological polar surface area (TPSA) is 38.3 Å². The number of para-hydroxylation sites is 1. The second-order valence-electron chi connectivity index (χ2n) is 5.18. The zero-order valence-electron chi connectivity index (χ0n) is 12.6. The van der Waals surface area contributed by atoms with Crippen LogP contribution in [0, 0.1) is 5.82 Å². The third-order valence-electron chi connectivity index (χ3n) is 3.23. The van der Waals surface area contributed by atoms with Gasteiger partial charge in [0, 0.05) is 6.42 Å². The summed E-state index contributed by atoms with van der Waals surface area (Å²) in [5, 5.41) is 2.85. The second kappa shape index (κ2) is 8.17. The number of halogens is 1. The fraction of sp³-hybridized carbons (Fsp3) is 0.278. The smallest absolute Gasteiger partial charge is 0.220 e. The molecular weight excluding hydrogens is 281 g/mol. The number of aryl methyl sites for hydroxylation is 1. The van der Waals surface area contributed by atoms with Crippen LogP contribution in [-0.4, -0.2) is 18.6 Å². The van der Waals surface area contributed by atoms with Crippen molar-refractivity contribution in [3.05, 3.63) is 66.0 Å². The van der Waals surface area contributed by atoms with Gasteiger partial charge in [-0.3, -0.25) is 4.79 Å². The van der Waals surface area contributed by atoms with Crippen molar-refractivity contribution >= 4 is 5.91 Å². The maximum atomic E-state index is 13.5. The van der Waals surface area contributed by atoms with Crippen LogP contribution in [0.2, 0.25) is 0 Å². The van der Waals surface area contributed by atoms with E-state index in [9.17, 15) is 9.18 Å². The molecule has 0 aliphatic carbocycles. The van der Waals surface area contributed by atoms with Crippen molar-refractivity contribution in [3.63, 3.8) is 0 Å². The average molecular weight is 301 g/mol. The van der Waals surface area contributed by atoms with E-state index in [1.165, 1.54) is 6.07 Å². The number of rotatable bonds is 7. The number of hydrogen-bond acceptors (Lipinski definition) is 2. The van der Waals surface area contributed by atoms with Crippen molar-refractivity contribution < 1.29 is 13.9 Å². The fourth-order valence-electron chi connectivity index (χ4n) is 2.08. The van der Waals surface area contributed by atoms with Crippen LogP contribution >= 0.6 is 0 Å². The number of hydrogen-bond donors (Lipinski definition) is 1. The van der Waals surface area contributed by atoms with Crippen molar-refractivity contribution in [1.29, 1.82) is 0 Å². The lowest BCUT2D eigenvalue weighted by Gasteiger charge is -2.15. The molecule has 2 rings (SSSR count). The van der Waals surface area contributed by atoms with Gasteiger partial charge in [-0.15, -0.1) is 0 Å². The van der Waals surface area contributed by atoms with E-state index in [1.807, 2.05) is 37.3 Å². The molecule has 116 valence electrons. The summed E-state index contributed by atoms with van der Waals surface area (Å²) in [5.41, 5.74) is 0.561. The van der Waals surface area contributed by atoms with E-state index >= 15 is 0 Å². The van der Waals surface area contributed by atoms with Crippen molar-refractivity contribution in [1.82, 2.24) is 5.32 Å². The minimum absolute atomic E-state index is 0.103. The molecule has 0 saturated heterocycles. The van der Waals surface area contributed by atoms with Crippen LogP contribution in [-0.2, 0) is 11.2 Å². The minimum Gasteiger partial charge on any atom is -0.491 e. The number of amides is 1. The van der Waals surface area contributed by atoms with Crippen LogP contribution in [0.5, 0.6) is 5.75 Å². The summed E-state index contributed by atoms with van der Waals surface area (Å²) in [5.74, 6) is 0.401. The molecule has 3 nitrogen and oxygen atoms in total. The lowest BCUT2D eigenvalue weighted by atomic mass is 10.1. The van der Waals surface area contributed by atoms with Crippen molar-refractivity contribution in [3.8, 4) is 5.75 Å². The lowest BCUT2D eigenvalue weighted by Crippen LogP contribution is -2.36. The van der Waals surface area contributed by atoms with Crippen LogP contribution in [0.4, 0.5) is 4.39 Å². The lowest BCUT2D eigenvalue weighted by molar-refractivity contribution is -0.121. The molecule has 0 aliphatic heterocycles. The van der Waals surface area contributed by atoms with Gasteiger partial charge in [0.15, 0.2) is 0 Å². The Kier molecular flexibility index (Phi) is 5.95. The first-order valence-corrected chi connectivity index (χ1v) is 7.36. The Morgan fingerprint density at radius 2 is 1.82 bits per heavy atom. The molecule has 0 heterocycles. The predicted molar refractivity (Wildman–Crippen MR) is 84.3 cm³/mol. The van der Waals surface area contributed by atoms with Gasteiger partial charge >= 0.3 is 0 Å². The summed E-state index contributed by atoms with van der Waals surface area (Å²) < 4.78 is 19.0. The molecule has 22 heavy (non-hydrogen) atoms. The summed E-state index contributed by atoms with van der Waals surface area (Å²) >= 11 is 0. The van der Waals surface area contributed by atoms with Gasteiger partial charge in [-0.25, -0.2) is 4.39 Å². The highest BCUT2D eigenvalue weighted by Gasteiger charge is 2.09. The quantitative estimate of drug-likeness (QED) is 0.852. The normalized spacial score (nSPS) is 11.7. The third-order valence-corrected chi connectivity index (χ3v) is 3.23. The zero-order valence-corrected chi connectivity index (χ0v) is 12.6. The summed E-state index contributed by atoms with van der Waals surface area (Å²) in [7, 11) is 0. The summed E-state index contributed by atoms with van der Waals surface area (Å²) in [6, 6.07) is 15.9. The Hall–Kier alpha value is -2.36. The maximum absolute atomic E-state index is 13.5. The maximum Gasteiger partial charge on any atom is 0.220 e. The summed E-state index contributed by atoms with van der Waals surface area (Å²) in [4.78, 5) is 11.9. The molecule has 0 aliphatic rings. The molecular formula is C18H20FNO2. The molecule has 1 atom stereocenters. The Labute approximate surface area is 130 Å².